The van der Waals surface area contributed by atoms with Gasteiger partial charge in [0.15, 0.2) is 0 Å². The van der Waals surface area contributed by atoms with Crippen molar-refractivity contribution in [3.8, 4) is 5.75 Å². The SMILES string of the molecule is CN(C)c1ccc(OCCCN2CCCCC2)cc1. The zero-order valence-corrected chi connectivity index (χ0v) is 12.3. The van der Waals surface area contributed by atoms with Gasteiger partial charge in [-0.1, -0.05) is 6.42 Å². The molecule has 106 valence electrons. The van der Waals surface area contributed by atoms with Gasteiger partial charge in [-0.15, -0.1) is 0 Å². The van der Waals surface area contributed by atoms with Crippen molar-refractivity contribution in [2.75, 3.05) is 45.2 Å². The van der Waals surface area contributed by atoms with E-state index in [1.54, 1.807) is 0 Å². The first-order chi connectivity index (χ1) is 9.25. The van der Waals surface area contributed by atoms with E-state index in [9.17, 15) is 0 Å². The lowest BCUT2D eigenvalue weighted by Gasteiger charge is -2.26. The van der Waals surface area contributed by atoms with Crippen molar-refractivity contribution >= 4 is 5.69 Å². The fraction of sp³-hybridized carbons (Fsp3) is 0.625. The molecule has 0 amide bonds. The molecule has 1 aliphatic rings. The minimum absolute atomic E-state index is 0.817. The second-order valence-corrected chi connectivity index (χ2v) is 5.49. The zero-order chi connectivity index (χ0) is 13.5. The molecule has 0 spiro atoms. The van der Waals surface area contributed by atoms with Crippen LogP contribution >= 0.6 is 0 Å². The average molecular weight is 262 g/mol. The van der Waals surface area contributed by atoms with Crippen molar-refractivity contribution < 1.29 is 4.74 Å². The van der Waals surface area contributed by atoms with Crippen molar-refractivity contribution in [1.82, 2.24) is 4.90 Å². The normalized spacial score (nSPS) is 16.3. The number of piperidine rings is 1. The minimum Gasteiger partial charge on any atom is -0.494 e. The fourth-order valence-corrected chi connectivity index (χ4v) is 2.50. The molecular weight excluding hydrogens is 236 g/mol. The highest BCUT2D eigenvalue weighted by Gasteiger charge is 2.08. The lowest BCUT2D eigenvalue weighted by Crippen LogP contribution is -2.31. The van der Waals surface area contributed by atoms with Crippen LogP contribution < -0.4 is 9.64 Å². The van der Waals surface area contributed by atoms with E-state index in [1.165, 1.54) is 44.6 Å². The molecule has 0 saturated carbocycles. The summed E-state index contributed by atoms with van der Waals surface area (Å²) in [4.78, 5) is 4.65. The number of nitrogens with zero attached hydrogens (tertiary/aromatic N) is 2. The molecule has 1 aromatic carbocycles. The summed E-state index contributed by atoms with van der Waals surface area (Å²) in [7, 11) is 4.10. The van der Waals surface area contributed by atoms with E-state index in [-0.39, 0.29) is 0 Å². The number of ether oxygens (including phenoxy) is 1. The van der Waals surface area contributed by atoms with Gasteiger partial charge in [0.2, 0.25) is 0 Å². The summed E-state index contributed by atoms with van der Waals surface area (Å²) < 4.78 is 5.79. The van der Waals surface area contributed by atoms with E-state index < -0.39 is 0 Å². The van der Waals surface area contributed by atoms with E-state index in [4.69, 9.17) is 4.74 Å². The molecule has 0 N–H and O–H groups in total. The molecule has 0 atom stereocenters. The van der Waals surface area contributed by atoms with Crippen molar-refractivity contribution in [3.63, 3.8) is 0 Å². The smallest absolute Gasteiger partial charge is 0.119 e. The van der Waals surface area contributed by atoms with Gasteiger partial charge in [0.05, 0.1) is 6.61 Å². The molecule has 1 aliphatic heterocycles. The molecule has 1 heterocycles. The third-order valence-corrected chi connectivity index (χ3v) is 3.69. The van der Waals surface area contributed by atoms with Crippen LogP contribution in [0.3, 0.4) is 0 Å². The lowest BCUT2D eigenvalue weighted by atomic mass is 10.1. The molecule has 3 nitrogen and oxygen atoms in total. The Morgan fingerprint density at radius 3 is 2.37 bits per heavy atom. The average Bonchev–Trinajstić information content (AvgIpc) is 2.45. The predicted octanol–water partition coefficient (Wildman–Crippen LogP) is 3.01. The van der Waals surface area contributed by atoms with Gasteiger partial charge in [-0.3, -0.25) is 0 Å². The highest BCUT2D eigenvalue weighted by Crippen LogP contribution is 2.17. The quantitative estimate of drug-likeness (QED) is 0.733. The fourth-order valence-electron chi connectivity index (χ4n) is 2.50. The van der Waals surface area contributed by atoms with Crippen LogP contribution in [0.25, 0.3) is 0 Å². The summed E-state index contributed by atoms with van der Waals surface area (Å²) in [6.07, 6.45) is 5.26. The second kappa shape index (κ2) is 7.39. The highest BCUT2D eigenvalue weighted by atomic mass is 16.5. The van der Waals surface area contributed by atoms with Crippen LogP contribution in [0.4, 0.5) is 5.69 Å². The van der Waals surface area contributed by atoms with Crippen LogP contribution in [0.2, 0.25) is 0 Å². The van der Waals surface area contributed by atoms with Crippen LogP contribution in [0, 0.1) is 0 Å². The summed E-state index contributed by atoms with van der Waals surface area (Å²) in [6, 6.07) is 8.30. The van der Waals surface area contributed by atoms with Gasteiger partial charge >= 0.3 is 0 Å². The van der Waals surface area contributed by atoms with Gasteiger partial charge in [0, 0.05) is 26.3 Å². The Hall–Kier alpha value is -1.22. The number of hydrogen-bond donors (Lipinski definition) is 0. The van der Waals surface area contributed by atoms with Crippen LogP contribution in [0.5, 0.6) is 5.75 Å². The maximum absolute atomic E-state index is 5.79. The Kier molecular flexibility index (Phi) is 5.52. The predicted molar refractivity (Wildman–Crippen MR) is 81.2 cm³/mol. The minimum atomic E-state index is 0.817. The van der Waals surface area contributed by atoms with Gasteiger partial charge in [-0.05, 0) is 56.6 Å². The summed E-state index contributed by atoms with van der Waals surface area (Å²) in [5.74, 6) is 0.976. The van der Waals surface area contributed by atoms with Gasteiger partial charge in [-0.25, -0.2) is 0 Å². The van der Waals surface area contributed by atoms with Crippen LogP contribution in [-0.2, 0) is 0 Å². The summed E-state index contributed by atoms with van der Waals surface area (Å²) in [6.45, 7) is 4.54. The molecule has 2 rings (SSSR count). The number of likely N-dealkylation sites (tertiary alicyclic amines) is 1. The van der Waals surface area contributed by atoms with E-state index in [2.05, 4.69) is 48.2 Å². The monoisotopic (exact) mass is 262 g/mol. The molecule has 0 bridgehead atoms. The number of benzene rings is 1. The molecule has 1 aromatic rings. The summed E-state index contributed by atoms with van der Waals surface area (Å²) in [5.41, 5.74) is 1.21. The standard InChI is InChI=1S/C16H26N2O/c1-17(2)15-7-9-16(10-8-15)19-14-6-13-18-11-4-3-5-12-18/h7-10H,3-6,11-14H2,1-2H3. The molecule has 0 aromatic heterocycles. The largest absolute Gasteiger partial charge is 0.494 e. The van der Waals surface area contributed by atoms with E-state index in [0.29, 0.717) is 0 Å². The third kappa shape index (κ3) is 4.75. The lowest BCUT2D eigenvalue weighted by molar-refractivity contribution is 0.205. The number of anilines is 1. The van der Waals surface area contributed by atoms with Gasteiger partial charge in [-0.2, -0.15) is 0 Å². The molecule has 0 radical (unpaired) electrons. The maximum atomic E-state index is 5.79. The number of rotatable bonds is 6. The van der Waals surface area contributed by atoms with Gasteiger partial charge in [0.25, 0.3) is 0 Å². The molecule has 1 fully saturated rings. The second-order valence-electron chi connectivity index (χ2n) is 5.49. The Balaban J connectivity index is 1.64. The molecule has 1 saturated heterocycles. The van der Waals surface area contributed by atoms with Crippen LogP contribution in [-0.4, -0.2) is 45.2 Å². The highest BCUT2D eigenvalue weighted by molar-refractivity contribution is 5.47. The van der Waals surface area contributed by atoms with Crippen molar-refractivity contribution in [2.45, 2.75) is 25.7 Å². The summed E-state index contributed by atoms with van der Waals surface area (Å²) in [5, 5.41) is 0. The van der Waals surface area contributed by atoms with Gasteiger partial charge in [0.1, 0.15) is 5.75 Å². The Labute approximate surface area is 117 Å². The first-order valence-electron chi connectivity index (χ1n) is 7.38. The van der Waals surface area contributed by atoms with Crippen LogP contribution in [0.15, 0.2) is 24.3 Å². The van der Waals surface area contributed by atoms with Crippen LogP contribution in [0.1, 0.15) is 25.7 Å². The Bertz CT molecular complexity index is 356. The first-order valence-corrected chi connectivity index (χ1v) is 7.38. The topological polar surface area (TPSA) is 15.7 Å². The zero-order valence-electron chi connectivity index (χ0n) is 12.3. The molecular formula is C16H26N2O. The van der Waals surface area contributed by atoms with E-state index in [0.717, 1.165) is 18.8 Å². The maximum Gasteiger partial charge on any atom is 0.119 e. The van der Waals surface area contributed by atoms with E-state index >= 15 is 0 Å². The van der Waals surface area contributed by atoms with Crippen molar-refractivity contribution in [1.29, 1.82) is 0 Å². The molecule has 0 unspecified atom stereocenters. The van der Waals surface area contributed by atoms with Crippen molar-refractivity contribution in [2.24, 2.45) is 0 Å². The number of hydrogen-bond acceptors (Lipinski definition) is 3. The first kappa shape index (κ1) is 14.2. The molecule has 0 aliphatic carbocycles. The Morgan fingerprint density at radius 2 is 1.74 bits per heavy atom. The Morgan fingerprint density at radius 1 is 1.05 bits per heavy atom. The van der Waals surface area contributed by atoms with E-state index in [1.807, 2.05) is 0 Å². The van der Waals surface area contributed by atoms with Crippen molar-refractivity contribution in [3.05, 3.63) is 24.3 Å². The van der Waals surface area contributed by atoms with Gasteiger partial charge < -0.3 is 14.5 Å². The third-order valence-electron chi connectivity index (χ3n) is 3.69. The molecule has 19 heavy (non-hydrogen) atoms. The summed E-state index contributed by atoms with van der Waals surface area (Å²) >= 11 is 0. The molecule has 3 heteroatoms.